The fourth-order valence-electron chi connectivity index (χ4n) is 2.18. The molecule has 0 bridgehead atoms. The molecule has 0 saturated carbocycles. The molecule has 0 aliphatic carbocycles. The van der Waals surface area contributed by atoms with Crippen molar-refractivity contribution in [2.24, 2.45) is 0 Å². The van der Waals surface area contributed by atoms with E-state index in [4.69, 9.17) is 0 Å². The lowest BCUT2D eigenvalue weighted by molar-refractivity contribution is -0.123. The van der Waals surface area contributed by atoms with Gasteiger partial charge in [-0.25, -0.2) is 4.98 Å². The molecule has 5 heteroatoms. The van der Waals surface area contributed by atoms with Gasteiger partial charge < -0.3 is 15.2 Å². The summed E-state index contributed by atoms with van der Waals surface area (Å²) in [6.07, 6.45) is 5.88. The number of carbonyl (C=O) groups excluding carboxylic acids is 1. The summed E-state index contributed by atoms with van der Waals surface area (Å²) in [7, 11) is 1.66. The predicted molar refractivity (Wildman–Crippen MR) is 61.0 cm³/mol. The van der Waals surface area contributed by atoms with Crippen LogP contribution in [0.4, 0.5) is 0 Å². The Morgan fingerprint density at radius 1 is 1.75 bits per heavy atom. The predicted octanol–water partition coefficient (Wildman–Crippen LogP) is 0.615. The van der Waals surface area contributed by atoms with Gasteiger partial charge in [-0.1, -0.05) is 0 Å². The van der Waals surface area contributed by atoms with Crippen LogP contribution in [0.1, 0.15) is 37.5 Å². The van der Waals surface area contributed by atoms with Crippen LogP contribution in [-0.4, -0.2) is 29.1 Å². The Kier molecular flexibility index (Phi) is 3.24. The first-order valence-corrected chi connectivity index (χ1v) is 5.70. The largest absolute Gasteiger partial charge is 0.357 e. The van der Waals surface area contributed by atoms with Crippen LogP contribution in [0.25, 0.3) is 0 Å². The van der Waals surface area contributed by atoms with Gasteiger partial charge >= 0.3 is 0 Å². The molecule has 0 spiro atoms. The molecule has 1 saturated heterocycles. The highest BCUT2D eigenvalue weighted by atomic mass is 16.2. The Bertz CT molecular complexity index is 368. The van der Waals surface area contributed by atoms with Crippen molar-refractivity contribution in [2.75, 3.05) is 13.6 Å². The zero-order valence-electron chi connectivity index (χ0n) is 9.73. The minimum absolute atomic E-state index is 0.0113. The monoisotopic (exact) mass is 222 g/mol. The van der Waals surface area contributed by atoms with Crippen molar-refractivity contribution < 1.29 is 4.79 Å². The number of aromatic nitrogens is 2. The van der Waals surface area contributed by atoms with Crippen molar-refractivity contribution in [3.8, 4) is 0 Å². The van der Waals surface area contributed by atoms with E-state index in [2.05, 4.69) is 15.6 Å². The Hall–Kier alpha value is -1.36. The molecule has 5 nitrogen and oxygen atoms in total. The van der Waals surface area contributed by atoms with Crippen molar-refractivity contribution in [1.82, 2.24) is 20.2 Å². The van der Waals surface area contributed by atoms with E-state index >= 15 is 0 Å². The smallest absolute Gasteiger partial charge is 0.242 e. The third-order valence-electron chi connectivity index (χ3n) is 3.16. The van der Waals surface area contributed by atoms with Crippen LogP contribution in [0.15, 0.2) is 12.5 Å². The second-order valence-electron chi connectivity index (χ2n) is 4.16. The molecule has 1 aliphatic heterocycles. The average molecular weight is 222 g/mol. The number of hydrogen-bond donors (Lipinski definition) is 2. The lowest BCUT2D eigenvalue weighted by Crippen LogP contribution is -2.29. The normalized spacial score (nSPS) is 22.0. The second kappa shape index (κ2) is 4.65. The van der Waals surface area contributed by atoms with Crippen molar-refractivity contribution in [3.63, 3.8) is 0 Å². The molecule has 1 fully saturated rings. The highest BCUT2D eigenvalue weighted by Crippen LogP contribution is 2.24. The summed E-state index contributed by atoms with van der Waals surface area (Å²) in [4.78, 5) is 15.7. The van der Waals surface area contributed by atoms with Crippen molar-refractivity contribution in [3.05, 3.63) is 18.2 Å². The van der Waals surface area contributed by atoms with E-state index in [0.717, 1.165) is 18.7 Å². The van der Waals surface area contributed by atoms with E-state index in [0.29, 0.717) is 6.04 Å². The van der Waals surface area contributed by atoms with Gasteiger partial charge in [0.15, 0.2) is 0 Å². The first-order valence-electron chi connectivity index (χ1n) is 5.70. The standard InChI is InChI=1S/C11H18N4O/c1-8(11(16)12-2)15-7-13-6-10(15)9-4-3-5-14-9/h6-9,14H,3-5H2,1-2H3,(H,12,16)/t8?,9-/m0/s1. The van der Waals surface area contributed by atoms with Crippen LogP contribution in [-0.2, 0) is 4.79 Å². The fourth-order valence-corrected chi connectivity index (χ4v) is 2.18. The summed E-state index contributed by atoms with van der Waals surface area (Å²) in [6.45, 7) is 2.93. The molecule has 2 heterocycles. The molecule has 0 radical (unpaired) electrons. The minimum Gasteiger partial charge on any atom is -0.357 e. The number of carbonyl (C=O) groups is 1. The SMILES string of the molecule is CNC(=O)C(C)n1cncc1[C@@H]1CCCN1. The number of amides is 1. The third kappa shape index (κ3) is 1.95. The van der Waals surface area contributed by atoms with Crippen LogP contribution in [0.5, 0.6) is 0 Å². The third-order valence-corrected chi connectivity index (χ3v) is 3.16. The van der Waals surface area contributed by atoms with Gasteiger partial charge in [-0.05, 0) is 26.3 Å². The number of hydrogen-bond acceptors (Lipinski definition) is 3. The first-order chi connectivity index (χ1) is 7.74. The van der Waals surface area contributed by atoms with E-state index < -0.39 is 0 Å². The molecule has 2 atom stereocenters. The molecule has 88 valence electrons. The highest BCUT2D eigenvalue weighted by molar-refractivity contribution is 5.79. The molecule has 0 aromatic carbocycles. The van der Waals surface area contributed by atoms with Crippen molar-refractivity contribution in [2.45, 2.75) is 31.8 Å². The summed E-state index contributed by atoms with van der Waals surface area (Å²) in [5.74, 6) is 0.0113. The molecular weight excluding hydrogens is 204 g/mol. The number of likely N-dealkylation sites (N-methyl/N-ethyl adjacent to an activating group) is 1. The second-order valence-corrected chi connectivity index (χ2v) is 4.16. The van der Waals surface area contributed by atoms with Crippen LogP contribution >= 0.6 is 0 Å². The maximum Gasteiger partial charge on any atom is 0.242 e. The topological polar surface area (TPSA) is 59.0 Å². The molecule has 1 amide bonds. The molecule has 16 heavy (non-hydrogen) atoms. The van der Waals surface area contributed by atoms with Crippen LogP contribution in [0, 0.1) is 0 Å². The molecule has 1 aliphatic rings. The van der Waals surface area contributed by atoms with Gasteiger partial charge in [-0.3, -0.25) is 4.79 Å². The zero-order chi connectivity index (χ0) is 11.5. The highest BCUT2D eigenvalue weighted by Gasteiger charge is 2.23. The maximum absolute atomic E-state index is 11.6. The van der Waals surface area contributed by atoms with E-state index in [-0.39, 0.29) is 11.9 Å². The quantitative estimate of drug-likeness (QED) is 0.788. The summed E-state index contributed by atoms with van der Waals surface area (Å²) >= 11 is 0. The van der Waals surface area contributed by atoms with Gasteiger partial charge in [-0.2, -0.15) is 0 Å². The van der Waals surface area contributed by atoms with Crippen molar-refractivity contribution in [1.29, 1.82) is 0 Å². The molecule has 1 aromatic heterocycles. The van der Waals surface area contributed by atoms with Gasteiger partial charge in [0, 0.05) is 19.3 Å². The number of rotatable bonds is 3. The van der Waals surface area contributed by atoms with Gasteiger partial charge in [0.1, 0.15) is 6.04 Å². The summed E-state index contributed by atoms with van der Waals surface area (Å²) in [6, 6.07) is 0.138. The Balaban J connectivity index is 2.21. The van der Waals surface area contributed by atoms with Gasteiger partial charge in [0.2, 0.25) is 5.91 Å². The Morgan fingerprint density at radius 3 is 3.19 bits per heavy atom. The molecule has 2 rings (SSSR count). The molecule has 2 N–H and O–H groups in total. The van der Waals surface area contributed by atoms with Gasteiger partial charge in [0.25, 0.3) is 0 Å². The summed E-state index contributed by atoms with van der Waals surface area (Å²) in [5, 5.41) is 6.08. The minimum atomic E-state index is -0.204. The number of imidazole rings is 1. The van der Waals surface area contributed by atoms with E-state index in [1.54, 1.807) is 13.4 Å². The average Bonchev–Trinajstić information content (AvgIpc) is 2.95. The lowest BCUT2D eigenvalue weighted by atomic mass is 10.1. The van der Waals surface area contributed by atoms with E-state index in [1.807, 2.05) is 17.7 Å². The lowest BCUT2D eigenvalue weighted by Gasteiger charge is -2.18. The van der Waals surface area contributed by atoms with Gasteiger partial charge in [0.05, 0.1) is 12.0 Å². The number of nitrogens with zero attached hydrogens (tertiary/aromatic N) is 2. The first kappa shape index (κ1) is 11.1. The fraction of sp³-hybridized carbons (Fsp3) is 0.636. The zero-order valence-corrected chi connectivity index (χ0v) is 9.73. The van der Waals surface area contributed by atoms with Crippen LogP contribution < -0.4 is 10.6 Å². The van der Waals surface area contributed by atoms with Crippen LogP contribution in [0.2, 0.25) is 0 Å². The molecule has 1 unspecified atom stereocenters. The Labute approximate surface area is 95.2 Å². The summed E-state index contributed by atoms with van der Waals surface area (Å²) in [5.41, 5.74) is 1.11. The van der Waals surface area contributed by atoms with Gasteiger partial charge in [-0.15, -0.1) is 0 Å². The van der Waals surface area contributed by atoms with E-state index in [9.17, 15) is 4.79 Å². The summed E-state index contributed by atoms with van der Waals surface area (Å²) < 4.78 is 1.95. The Morgan fingerprint density at radius 2 is 2.56 bits per heavy atom. The molecule has 1 aromatic rings. The van der Waals surface area contributed by atoms with Crippen molar-refractivity contribution >= 4 is 5.91 Å². The maximum atomic E-state index is 11.6. The molecular formula is C11H18N4O. The van der Waals surface area contributed by atoms with Crippen LogP contribution in [0.3, 0.4) is 0 Å². The van der Waals surface area contributed by atoms with E-state index in [1.165, 1.54) is 6.42 Å². The number of nitrogens with one attached hydrogen (secondary N) is 2.